The van der Waals surface area contributed by atoms with E-state index in [2.05, 4.69) is 25.9 Å². The maximum absolute atomic E-state index is 13.0. The van der Waals surface area contributed by atoms with E-state index >= 15 is 0 Å². The van der Waals surface area contributed by atoms with Gasteiger partial charge < -0.3 is 10.4 Å². The van der Waals surface area contributed by atoms with Crippen molar-refractivity contribution in [3.63, 3.8) is 0 Å². The van der Waals surface area contributed by atoms with Crippen LogP contribution in [0.3, 0.4) is 0 Å². The number of nitrogens with one attached hydrogen (secondary N) is 1. The molecule has 1 aromatic heterocycles. The molecule has 0 aliphatic heterocycles. The van der Waals surface area contributed by atoms with Crippen molar-refractivity contribution in [1.29, 1.82) is 0 Å². The fraction of sp³-hybridized carbons (Fsp3) is 0.154. The van der Waals surface area contributed by atoms with Crippen LogP contribution < -0.4 is 5.32 Å². The van der Waals surface area contributed by atoms with E-state index in [9.17, 15) is 31.1 Å². The zero-order chi connectivity index (χ0) is 19.0. The molecule has 25 heavy (non-hydrogen) atoms. The number of anilines is 2. The highest BCUT2D eigenvalue weighted by molar-refractivity contribution is 9.10. The molecule has 2 rings (SSSR count). The van der Waals surface area contributed by atoms with E-state index in [0.717, 1.165) is 12.1 Å². The van der Waals surface area contributed by atoms with E-state index in [1.807, 2.05) is 5.32 Å². The minimum atomic E-state index is -5.13. The molecule has 134 valence electrons. The summed E-state index contributed by atoms with van der Waals surface area (Å²) in [5, 5.41) is 10.8. The Morgan fingerprint density at radius 2 is 1.76 bits per heavy atom. The van der Waals surface area contributed by atoms with E-state index in [1.54, 1.807) is 0 Å². The third-order valence-electron chi connectivity index (χ3n) is 2.82. The highest BCUT2D eigenvalue weighted by Gasteiger charge is 2.38. The van der Waals surface area contributed by atoms with Crippen molar-refractivity contribution in [2.45, 2.75) is 12.4 Å². The summed E-state index contributed by atoms with van der Waals surface area (Å²) in [6, 6.07) is 2.92. The highest BCUT2D eigenvalue weighted by atomic mass is 79.9. The predicted octanol–water partition coefficient (Wildman–Crippen LogP) is 4.72. The van der Waals surface area contributed by atoms with E-state index in [1.165, 1.54) is 6.07 Å². The van der Waals surface area contributed by atoms with Crippen LogP contribution in [0.2, 0.25) is 0 Å². The van der Waals surface area contributed by atoms with Crippen molar-refractivity contribution in [3.05, 3.63) is 45.7 Å². The molecule has 0 bridgehead atoms. The largest absolute Gasteiger partial charge is 0.478 e. The van der Waals surface area contributed by atoms with Crippen molar-refractivity contribution >= 4 is 33.5 Å². The number of hydrogen-bond acceptors (Lipinski definition) is 4. The lowest BCUT2D eigenvalue weighted by molar-refractivity contribution is -0.141. The van der Waals surface area contributed by atoms with Crippen molar-refractivity contribution in [1.82, 2.24) is 9.97 Å². The van der Waals surface area contributed by atoms with E-state index < -0.39 is 46.8 Å². The first-order valence-electron chi connectivity index (χ1n) is 6.21. The van der Waals surface area contributed by atoms with Crippen LogP contribution in [0.5, 0.6) is 0 Å². The van der Waals surface area contributed by atoms with Gasteiger partial charge in [-0.2, -0.15) is 26.3 Å². The van der Waals surface area contributed by atoms with Crippen LogP contribution in [0.15, 0.2) is 28.9 Å². The molecule has 5 nitrogen and oxygen atoms in total. The maximum Gasteiger partial charge on any atom is 0.434 e. The molecule has 0 aliphatic carbocycles. The van der Waals surface area contributed by atoms with E-state index in [-0.39, 0.29) is 4.47 Å². The van der Waals surface area contributed by atoms with E-state index in [0.29, 0.717) is 6.20 Å². The Hall–Kier alpha value is -2.37. The molecule has 0 saturated carbocycles. The summed E-state index contributed by atoms with van der Waals surface area (Å²) in [7, 11) is 0. The van der Waals surface area contributed by atoms with Gasteiger partial charge in [-0.05, 0) is 18.2 Å². The number of aromatic carboxylic acids is 1. The first kappa shape index (κ1) is 19.0. The molecule has 0 atom stereocenters. The number of carbonyl (C=O) groups is 1. The Morgan fingerprint density at radius 1 is 1.12 bits per heavy atom. The molecule has 2 aromatic rings. The number of hydrogen-bond donors (Lipinski definition) is 2. The minimum absolute atomic E-state index is 0.100. The van der Waals surface area contributed by atoms with Crippen LogP contribution in [0.1, 0.15) is 21.6 Å². The van der Waals surface area contributed by atoms with E-state index in [4.69, 9.17) is 5.11 Å². The number of rotatable bonds is 3. The number of alkyl halides is 6. The number of carboxylic acid groups (broad SMARTS) is 1. The average molecular weight is 430 g/mol. The molecule has 0 spiro atoms. The van der Waals surface area contributed by atoms with Crippen LogP contribution in [0.4, 0.5) is 38.0 Å². The van der Waals surface area contributed by atoms with Gasteiger partial charge in [0.05, 0.1) is 11.3 Å². The molecule has 0 saturated heterocycles. The monoisotopic (exact) mass is 429 g/mol. The Morgan fingerprint density at radius 3 is 2.28 bits per heavy atom. The smallest absolute Gasteiger partial charge is 0.434 e. The van der Waals surface area contributed by atoms with Crippen LogP contribution in [0.25, 0.3) is 0 Å². The van der Waals surface area contributed by atoms with Gasteiger partial charge in [0.25, 0.3) is 0 Å². The zero-order valence-electron chi connectivity index (χ0n) is 11.7. The number of carboxylic acids is 1. The second-order valence-electron chi connectivity index (χ2n) is 4.57. The molecule has 0 fully saturated rings. The Labute approximate surface area is 143 Å². The summed E-state index contributed by atoms with van der Waals surface area (Å²) in [6.45, 7) is 0. The van der Waals surface area contributed by atoms with Crippen LogP contribution in [0, 0.1) is 0 Å². The minimum Gasteiger partial charge on any atom is -0.478 e. The Kier molecular flexibility index (Phi) is 4.93. The number of aromatic nitrogens is 2. The molecule has 0 unspecified atom stereocenters. The Bertz CT molecular complexity index is 822. The molecule has 12 heteroatoms. The molecule has 2 N–H and O–H groups in total. The molecule has 1 aromatic carbocycles. The van der Waals surface area contributed by atoms with Gasteiger partial charge in [0.1, 0.15) is 5.56 Å². The summed E-state index contributed by atoms with van der Waals surface area (Å²) in [5.74, 6) is -2.75. The zero-order valence-corrected chi connectivity index (χ0v) is 13.3. The SMILES string of the molecule is O=C(O)c1cnc(Nc2ccc(Br)cc2C(F)(F)F)nc1C(F)(F)F. The lowest BCUT2D eigenvalue weighted by Crippen LogP contribution is -2.17. The molecule has 0 aliphatic rings. The van der Waals surface area contributed by atoms with Crippen LogP contribution >= 0.6 is 15.9 Å². The second kappa shape index (κ2) is 6.50. The fourth-order valence-electron chi connectivity index (χ4n) is 1.80. The van der Waals surface area contributed by atoms with Gasteiger partial charge in [-0.3, -0.25) is 0 Å². The summed E-state index contributed by atoms with van der Waals surface area (Å²) in [5.41, 5.74) is -4.75. The van der Waals surface area contributed by atoms with Gasteiger partial charge in [-0.25, -0.2) is 14.8 Å². The second-order valence-corrected chi connectivity index (χ2v) is 5.49. The number of nitrogens with zero attached hydrogens (tertiary/aromatic N) is 2. The van der Waals surface area contributed by atoms with Crippen LogP contribution in [-0.2, 0) is 12.4 Å². The lowest BCUT2D eigenvalue weighted by Gasteiger charge is -2.15. The molecule has 0 amide bonds. The standard InChI is InChI=1S/C13H6BrF6N3O2/c14-5-1-2-8(7(3-5)12(15,16)17)22-11-21-4-6(10(24)25)9(23-11)13(18,19)20/h1-4H,(H,24,25)(H,21,22,23). The fourth-order valence-corrected chi connectivity index (χ4v) is 2.16. The van der Waals surface area contributed by atoms with Crippen molar-refractivity contribution in [2.24, 2.45) is 0 Å². The molecular weight excluding hydrogens is 424 g/mol. The summed E-state index contributed by atoms with van der Waals surface area (Å²) in [6.07, 6.45) is -9.55. The first-order valence-corrected chi connectivity index (χ1v) is 7.00. The van der Waals surface area contributed by atoms with Gasteiger partial charge in [-0.15, -0.1) is 0 Å². The third-order valence-corrected chi connectivity index (χ3v) is 3.31. The predicted molar refractivity (Wildman–Crippen MR) is 76.4 cm³/mol. The number of benzene rings is 1. The van der Waals surface area contributed by atoms with Gasteiger partial charge in [0.15, 0.2) is 5.69 Å². The quantitative estimate of drug-likeness (QED) is 0.690. The summed E-state index contributed by atoms with van der Waals surface area (Å²) >= 11 is 2.86. The third kappa shape index (κ3) is 4.38. The average Bonchev–Trinajstić information content (AvgIpc) is 2.47. The van der Waals surface area contributed by atoms with Gasteiger partial charge in [0.2, 0.25) is 5.95 Å². The van der Waals surface area contributed by atoms with Gasteiger partial charge >= 0.3 is 18.3 Å². The van der Waals surface area contributed by atoms with Gasteiger partial charge in [0, 0.05) is 10.7 Å². The highest BCUT2D eigenvalue weighted by Crippen LogP contribution is 2.38. The topological polar surface area (TPSA) is 75.1 Å². The molecule has 0 radical (unpaired) electrons. The number of halogens is 7. The van der Waals surface area contributed by atoms with Crippen molar-refractivity contribution < 1.29 is 36.2 Å². The van der Waals surface area contributed by atoms with Crippen LogP contribution in [-0.4, -0.2) is 21.0 Å². The Balaban J connectivity index is 2.51. The normalized spacial score (nSPS) is 12.1. The molecule has 1 heterocycles. The lowest BCUT2D eigenvalue weighted by atomic mass is 10.1. The molecular formula is C13H6BrF6N3O2. The van der Waals surface area contributed by atoms with Crippen molar-refractivity contribution in [2.75, 3.05) is 5.32 Å². The summed E-state index contributed by atoms with van der Waals surface area (Å²) in [4.78, 5) is 17.1. The first-order chi connectivity index (χ1) is 11.4. The summed E-state index contributed by atoms with van der Waals surface area (Å²) < 4.78 is 77.8. The maximum atomic E-state index is 13.0. The van der Waals surface area contributed by atoms with Crippen molar-refractivity contribution in [3.8, 4) is 0 Å². The van der Waals surface area contributed by atoms with Gasteiger partial charge in [-0.1, -0.05) is 15.9 Å².